The van der Waals surface area contributed by atoms with Gasteiger partial charge in [0, 0.05) is 18.5 Å². The third kappa shape index (κ3) is 11.2. The standard InChI is InChI=1S/C29H40N2O4/c1-2-3-4-5-6-7-11-17-27(32)31-26(29(34)35)16-12-13-22-30-28(33)25-20-18-24(19-21-25)23-14-9-8-10-15-23/h8-10,14-15,18-21,26H,2-7,11-13,16-17,22H2,1H3,(H,30,33)(H,31,32)(H,34,35). The van der Waals surface area contributed by atoms with Gasteiger partial charge in [-0.2, -0.15) is 0 Å². The molecule has 0 aromatic heterocycles. The number of aliphatic carboxylic acids is 1. The second-order valence-electron chi connectivity index (χ2n) is 9.02. The van der Waals surface area contributed by atoms with Crippen molar-refractivity contribution >= 4 is 17.8 Å². The van der Waals surface area contributed by atoms with Crippen molar-refractivity contribution in [3.63, 3.8) is 0 Å². The van der Waals surface area contributed by atoms with E-state index in [2.05, 4.69) is 17.6 Å². The number of unbranched alkanes of at least 4 members (excludes halogenated alkanes) is 7. The molecule has 2 aromatic rings. The lowest BCUT2D eigenvalue weighted by molar-refractivity contribution is -0.142. The molecule has 0 aliphatic carbocycles. The van der Waals surface area contributed by atoms with Crippen LogP contribution in [-0.4, -0.2) is 35.5 Å². The average molecular weight is 481 g/mol. The molecule has 0 radical (unpaired) electrons. The van der Waals surface area contributed by atoms with Crippen LogP contribution in [0.4, 0.5) is 0 Å². The first kappa shape index (κ1) is 28.1. The summed E-state index contributed by atoms with van der Waals surface area (Å²) in [6.45, 7) is 2.64. The topological polar surface area (TPSA) is 95.5 Å². The van der Waals surface area contributed by atoms with Gasteiger partial charge in [0.2, 0.25) is 5.91 Å². The first-order chi connectivity index (χ1) is 17.0. The summed E-state index contributed by atoms with van der Waals surface area (Å²) in [5.74, 6) is -1.36. The van der Waals surface area contributed by atoms with Crippen molar-refractivity contribution in [3.05, 3.63) is 60.2 Å². The van der Waals surface area contributed by atoms with Gasteiger partial charge in [0.15, 0.2) is 0 Å². The molecule has 3 N–H and O–H groups in total. The molecule has 0 saturated carbocycles. The molecule has 0 heterocycles. The Hall–Kier alpha value is -3.15. The fourth-order valence-electron chi connectivity index (χ4n) is 3.99. The summed E-state index contributed by atoms with van der Waals surface area (Å²) in [6, 6.07) is 16.6. The highest BCUT2D eigenvalue weighted by molar-refractivity contribution is 5.94. The van der Waals surface area contributed by atoms with Crippen molar-refractivity contribution in [1.29, 1.82) is 0 Å². The van der Waals surface area contributed by atoms with Gasteiger partial charge in [0.25, 0.3) is 5.91 Å². The summed E-state index contributed by atoms with van der Waals surface area (Å²) in [6.07, 6.45) is 9.79. The fraction of sp³-hybridized carbons (Fsp3) is 0.483. The van der Waals surface area contributed by atoms with Crippen LogP contribution < -0.4 is 10.6 Å². The van der Waals surface area contributed by atoms with E-state index < -0.39 is 12.0 Å². The van der Waals surface area contributed by atoms with Crippen LogP contribution in [0.25, 0.3) is 11.1 Å². The molecule has 0 fully saturated rings. The summed E-state index contributed by atoms with van der Waals surface area (Å²) >= 11 is 0. The molecule has 0 saturated heterocycles. The number of carboxylic acids is 1. The van der Waals surface area contributed by atoms with Gasteiger partial charge in [-0.15, -0.1) is 0 Å². The normalized spacial score (nSPS) is 11.6. The first-order valence-corrected chi connectivity index (χ1v) is 13.0. The van der Waals surface area contributed by atoms with Crippen molar-refractivity contribution in [2.45, 2.75) is 83.6 Å². The summed E-state index contributed by atoms with van der Waals surface area (Å²) in [5, 5.41) is 15.0. The molecular weight excluding hydrogens is 440 g/mol. The third-order valence-electron chi connectivity index (χ3n) is 6.10. The van der Waals surface area contributed by atoms with Crippen molar-refractivity contribution in [1.82, 2.24) is 10.6 Å². The summed E-state index contributed by atoms with van der Waals surface area (Å²) in [5.41, 5.74) is 2.74. The lowest BCUT2D eigenvalue weighted by atomic mass is 10.0. The Balaban J connectivity index is 1.62. The monoisotopic (exact) mass is 480 g/mol. The lowest BCUT2D eigenvalue weighted by Gasteiger charge is -2.14. The molecule has 2 aromatic carbocycles. The van der Waals surface area contributed by atoms with Crippen LogP contribution in [0.5, 0.6) is 0 Å². The Morgan fingerprint density at radius 2 is 1.40 bits per heavy atom. The third-order valence-corrected chi connectivity index (χ3v) is 6.10. The summed E-state index contributed by atoms with van der Waals surface area (Å²) < 4.78 is 0. The molecule has 0 spiro atoms. The SMILES string of the molecule is CCCCCCCCCC(=O)NC(CCCCNC(=O)c1ccc(-c2ccccc2)cc1)C(=O)O. The number of carboxylic acid groups (broad SMARTS) is 1. The minimum Gasteiger partial charge on any atom is -0.480 e. The molecule has 1 atom stereocenters. The molecule has 0 aliphatic heterocycles. The maximum Gasteiger partial charge on any atom is 0.326 e. The van der Waals surface area contributed by atoms with Gasteiger partial charge in [0.1, 0.15) is 6.04 Å². The number of hydrogen-bond acceptors (Lipinski definition) is 3. The number of hydrogen-bond donors (Lipinski definition) is 3. The van der Waals surface area contributed by atoms with Crippen LogP contribution in [0.1, 0.15) is 87.9 Å². The average Bonchev–Trinajstić information content (AvgIpc) is 2.87. The number of benzene rings is 2. The molecule has 1 unspecified atom stereocenters. The number of carbonyl (C=O) groups excluding carboxylic acids is 2. The van der Waals surface area contributed by atoms with Crippen molar-refractivity contribution in [3.8, 4) is 11.1 Å². The fourth-order valence-corrected chi connectivity index (χ4v) is 3.99. The van der Waals surface area contributed by atoms with Gasteiger partial charge in [0.05, 0.1) is 0 Å². The second kappa shape index (κ2) is 16.5. The molecular formula is C29H40N2O4. The number of rotatable bonds is 17. The lowest BCUT2D eigenvalue weighted by Crippen LogP contribution is -2.40. The first-order valence-electron chi connectivity index (χ1n) is 13.0. The van der Waals surface area contributed by atoms with Crippen molar-refractivity contribution in [2.75, 3.05) is 6.54 Å². The maximum atomic E-state index is 12.4. The minimum atomic E-state index is -1.01. The zero-order valence-electron chi connectivity index (χ0n) is 20.9. The highest BCUT2D eigenvalue weighted by Crippen LogP contribution is 2.19. The molecule has 35 heavy (non-hydrogen) atoms. The van der Waals surface area contributed by atoms with Gasteiger partial charge in [-0.25, -0.2) is 4.79 Å². The van der Waals surface area contributed by atoms with Gasteiger partial charge in [-0.1, -0.05) is 87.9 Å². The molecule has 190 valence electrons. The second-order valence-corrected chi connectivity index (χ2v) is 9.02. The number of nitrogens with one attached hydrogen (secondary N) is 2. The Bertz CT molecular complexity index is 897. The summed E-state index contributed by atoms with van der Waals surface area (Å²) in [4.78, 5) is 36.0. The van der Waals surface area contributed by atoms with Gasteiger partial charge in [-0.3, -0.25) is 9.59 Å². The smallest absolute Gasteiger partial charge is 0.326 e. The van der Waals surface area contributed by atoms with Crippen LogP contribution in [0.3, 0.4) is 0 Å². The quantitative estimate of drug-likeness (QED) is 0.243. The molecule has 0 bridgehead atoms. The van der Waals surface area contributed by atoms with Crippen LogP contribution in [0.15, 0.2) is 54.6 Å². The number of carbonyl (C=O) groups is 3. The van der Waals surface area contributed by atoms with Crippen LogP contribution in [-0.2, 0) is 9.59 Å². The molecule has 6 nitrogen and oxygen atoms in total. The van der Waals surface area contributed by atoms with Crippen LogP contribution >= 0.6 is 0 Å². The molecule has 2 amide bonds. The van der Waals surface area contributed by atoms with Gasteiger partial charge in [-0.05, 0) is 48.9 Å². The highest BCUT2D eigenvalue weighted by Gasteiger charge is 2.19. The Morgan fingerprint density at radius 3 is 2.06 bits per heavy atom. The zero-order valence-corrected chi connectivity index (χ0v) is 20.9. The van der Waals surface area contributed by atoms with E-state index in [1.54, 1.807) is 12.1 Å². The van der Waals surface area contributed by atoms with E-state index in [1.165, 1.54) is 25.7 Å². The zero-order chi connectivity index (χ0) is 25.3. The van der Waals surface area contributed by atoms with E-state index in [9.17, 15) is 19.5 Å². The Kier molecular flexibility index (Phi) is 13.2. The van der Waals surface area contributed by atoms with E-state index in [0.717, 1.165) is 30.4 Å². The predicted molar refractivity (Wildman–Crippen MR) is 140 cm³/mol. The van der Waals surface area contributed by atoms with Crippen molar-refractivity contribution in [2.24, 2.45) is 0 Å². The maximum absolute atomic E-state index is 12.4. The molecule has 0 aliphatic rings. The number of amides is 2. The van der Waals surface area contributed by atoms with E-state index in [1.807, 2.05) is 42.5 Å². The highest BCUT2D eigenvalue weighted by atomic mass is 16.4. The van der Waals surface area contributed by atoms with E-state index in [4.69, 9.17) is 0 Å². The van der Waals surface area contributed by atoms with Gasteiger partial charge < -0.3 is 15.7 Å². The van der Waals surface area contributed by atoms with Crippen LogP contribution in [0, 0.1) is 0 Å². The van der Waals surface area contributed by atoms with E-state index >= 15 is 0 Å². The van der Waals surface area contributed by atoms with Gasteiger partial charge >= 0.3 is 5.97 Å². The predicted octanol–water partition coefficient (Wildman–Crippen LogP) is 5.96. The minimum absolute atomic E-state index is 0.151. The largest absolute Gasteiger partial charge is 0.480 e. The van der Waals surface area contributed by atoms with Crippen molar-refractivity contribution < 1.29 is 19.5 Å². The van der Waals surface area contributed by atoms with E-state index in [0.29, 0.717) is 37.8 Å². The Labute approximate surface area is 209 Å². The molecule has 6 heteroatoms. The summed E-state index contributed by atoms with van der Waals surface area (Å²) in [7, 11) is 0. The van der Waals surface area contributed by atoms with Crippen LogP contribution in [0.2, 0.25) is 0 Å². The molecule has 2 rings (SSSR count). The van der Waals surface area contributed by atoms with E-state index in [-0.39, 0.29) is 11.8 Å². The Morgan fingerprint density at radius 1 is 0.771 bits per heavy atom.